The fourth-order valence-corrected chi connectivity index (χ4v) is 2.76. The van der Waals surface area contributed by atoms with Gasteiger partial charge in [-0.2, -0.15) is 0 Å². The van der Waals surface area contributed by atoms with Crippen LogP contribution in [0.2, 0.25) is 0 Å². The van der Waals surface area contributed by atoms with Crippen molar-refractivity contribution in [2.24, 2.45) is 5.92 Å². The lowest BCUT2D eigenvalue weighted by molar-refractivity contribution is 0.403. The number of hydrogen-bond acceptors (Lipinski definition) is 3. The van der Waals surface area contributed by atoms with Gasteiger partial charge >= 0.3 is 0 Å². The first-order chi connectivity index (χ1) is 9.33. The summed E-state index contributed by atoms with van der Waals surface area (Å²) in [7, 11) is 0. The van der Waals surface area contributed by atoms with Gasteiger partial charge in [-0.25, -0.2) is 4.98 Å². The van der Waals surface area contributed by atoms with E-state index in [0.29, 0.717) is 0 Å². The van der Waals surface area contributed by atoms with E-state index in [9.17, 15) is 0 Å². The average molecular weight is 261 g/mol. The first-order valence-corrected chi connectivity index (χ1v) is 7.74. The fraction of sp³-hybridized carbons (Fsp3) is 0.688. The summed E-state index contributed by atoms with van der Waals surface area (Å²) in [6.07, 6.45) is 7.10. The van der Waals surface area contributed by atoms with Crippen LogP contribution >= 0.6 is 0 Å². The molecule has 0 radical (unpaired) electrons. The van der Waals surface area contributed by atoms with Gasteiger partial charge in [-0.05, 0) is 49.4 Å². The molecule has 0 saturated carbocycles. The summed E-state index contributed by atoms with van der Waals surface area (Å²) in [6.45, 7) is 8.87. The van der Waals surface area contributed by atoms with E-state index in [1.54, 1.807) is 0 Å². The van der Waals surface area contributed by atoms with Crippen LogP contribution in [0.3, 0.4) is 0 Å². The van der Waals surface area contributed by atoms with Crippen molar-refractivity contribution in [1.82, 2.24) is 10.3 Å². The van der Waals surface area contributed by atoms with E-state index >= 15 is 0 Å². The zero-order valence-electron chi connectivity index (χ0n) is 12.4. The maximum Gasteiger partial charge on any atom is 0.128 e. The zero-order chi connectivity index (χ0) is 13.5. The minimum atomic E-state index is 0.845. The molecule has 1 atom stereocenters. The third-order valence-electron chi connectivity index (χ3n) is 3.99. The molecule has 1 N–H and O–H groups in total. The molecule has 2 heterocycles. The molecule has 1 aromatic heterocycles. The first kappa shape index (κ1) is 14.3. The number of aromatic nitrogens is 1. The molecular weight excluding hydrogens is 234 g/mol. The van der Waals surface area contributed by atoms with Crippen molar-refractivity contribution >= 4 is 5.82 Å². The molecule has 19 heavy (non-hydrogen) atoms. The Labute approximate surface area is 117 Å². The standard InChI is InChI=1S/C16H27N3/c1-3-8-17-12-15-7-9-18-16(11-15)19-10-5-6-14(4-2)13-19/h7,9,11,14,17H,3-6,8,10,12-13H2,1-2H3. The first-order valence-electron chi connectivity index (χ1n) is 7.74. The minimum Gasteiger partial charge on any atom is -0.356 e. The van der Waals surface area contributed by atoms with Gasteiger partial charge in [0.2, 0.25) is 0 Å². The van der Waals surface area contributed by atoms with Crippen LogP contribution in [0.4, 0.5) is 5.82 Å². The van der Waals surface area contributed by atoms with Crippen LogP contribution < -0.4 is 10.2 Å². The molecule has 1 unspecified atom stereocenters. The summed E-state index contributed by atoms with van der Waals surface area (Å²) in [6, 6.07) is 4.37. The molecule has 0 aliphatic carbocycles. The smallest absolute Gasteiger partial charge is 0.128 e. The molecule has 2 rings (SSSR count). The lowest BCUT2D eigenvalue weighted by Crippen LogP contribution is -2.35. The number of rotatable bonds is 6. The van der Waals surface area contributed by atoms with Crippen LogP contribution in [0.5, 0.6) is 0 Å². The van der Waals surface area contributed by atoms with Crippen LogP contribution in [0.25, 0.3) is 0 Å². The van der Waals surface area contributed by atoms with Crippen molar-refractivity contribution in [2.45, 2.75) is 46.1 Å². The summed E-state index contributed by atoms with van der Waals surface area (Å²) < 4.78 is 0. The van der Waals surface area contributed by atoms with Crippen molar-refractivity contribution < 1.29 is 0 Å². The van der Waals surface area contributed by atoms with Crippen LogP contribution in [0, 0.1) is 5.92 Å². The zero-order valence-corrected chi connectivity index (χ0v) is 12.4. The van der Waals surface area contributed by atoms with Crippen molar-refractivity contribution in [2.75, 3.05) is 24.5 Å². The van der Waals surface area contributed by atoms with Crippen molar-refractivity contribution in [3.8, 4) is 0 Å². The topological polar surface area (TPSA) is 28.2 Å². The lowest BCUT2D eigenvalue weighted by atomic mass is 9.95. The van der Waals surface area contributed by atoms with Crippen LogP contribution in [0.1, 0.15) is 45.1 Å². The van der Waals surface area contributed by atoms with Crippen molar-refractivity contribution in [3.63, 3.8) is 0 Å². The fourth-order valence-electron chi connectivity index (χ4n) is 2.76. The second kappa shape index (κ2) is 7.49. The molecule has 0 amide bonds. The molecule has 1 aromatic rings. The van der Waals surface area contributed by atoms with Gasteiger partial charge in [0.05, 0.1) is 0 Å². The summed E-state index contributed by atoms with van der Waals surface area (Å²) in [5.41, 5.74) is 1.34. The number of pyridine rings is 1. The largest absolute Gasteiger partial charge is 0.356 e. The van der Waals surface area contributed by atoms with Gasteiger partial charge in [-0.3, -0.25) is 0 Å². The maximum absolute atomic E-state index is 4.56. The van der Waals surface area contributed by atoms with Crippen LogP contribution in [0.15, 0.2) is 18.3 Å². The van der Waals surface area contributed by atoms with Gasteiger partial charge in [-0.1, -0.05) is 20.3 Å². The van der Waals surface area contributed by atoms with Gasteiger partial charge < -0.3 is 10.2 Å². The number of hydrogen-bond donors (Lipinski definition) is 1. The Kier molecular flexibility index (Phi) is 5.64. The number of nitrogens with zero attached hydrogens (tertiary/aromatic N) is 2. The molecule has 1 fully saturated rings. The molecule has 1 aliphatic heterocycles. The maximum atomic E-state index is 4.56. The number of anilines is 1. The second-order valence-corrected chi connectivity index (χ2v) is 5.56. The Hall–Kier alpha value is -1.09. The van der Waals surface area contributed by atoms with Crippen LogP contribution in [-0.4, -0.2) is 24.6 Å². The van der Waals surface area contributed by atoms with Gasteiger partial charge in [0.25, 0.3) is 0 Å². The Morgan fingerprint density at radius 2 is 2.32 bits per heavy atom. The van der Waals surface area contributed by atoms with Crippen molar-refractivity contribution in [1.29, 1.82) is 0 Å². The highest BCUT2D eigenvalue weighted by Gasteiger charge is 2.19. The molecule has 0 spiro atoms. The highest BCUT2D eigenvalue weighted by molar-refractivity contribution is 5.41. The highest BCUT2D eigenvalue weighted by Crippen LogP contribution is 2.23. The average Bonchev–Trinajstić information content (AvgIpc) is 2.48. The summed E-state index contributed by atoms with van der Waals surface area (Å²) in [5, 5.41) is 3.46. The molecular formula is C16H27N3. The van der Waals surface area contributed by atoms with Crippen LogP contribution in [-0.2, 0) is 6.54 Å². The van der Waals surface area contributed by atoms with Gasteiger partial charge in [-0.15, -0.1) is 0 Å². The Bertz CT molecular complexity index is 378. The molecule has 3 nitrogen and oxygen atoms in total. The van der Waals surface area contributed by atoms with E-state index in [1.807, 2.05) is 6.20 Å². The second-order valence-electron chi connectivity index (χ2n) is 5.56. The summed E-state index contributed by atoms with van der Waals surface area (Å²) in [4.78, 5) is 7.02. The minimum absolute atomic E-state index is 0.845. The van der Waals surface area contributed by atoms with E-state index in [1.165, 1.54) is 37.8 Å². The lowest BCUT2D eigenvalue weighted by Gasteiger charge is -2.33. The Morgan fingerprint density at radius 3 is 3.11 bits per heavy atom. The van der Waals surface area contributed by atoms with E-state index in [4.69, 9.17) is 0 Å². The van der Waals surface area contributed by atoms with E-state index < -0.39 is 0 Å². The third-order valence-corrected chi connectivity index (χ3v) is 3.99. The molecule has 1 saturated heterocycles. The van der Waals surface area contributed by atoms with E-state index in [0.717, 1.165) is 31.4 Å². The molecule has 1 aliphatic rings. The van der Waals surface area contributed by atoms with E-state index in [2.05, 4.69) is 41.2 Å². The number of nitrogens with one attached hydrogen (secondary N) is 1. The van der Waals surface area contributed by atoms with Gasteiger partial charge in [0.15, 0.2) is 0 Å². The highest BCUT2D eigenvalue weighted by atomic mass is 15.2. The predicted octanol–water partition coefficient (Wildman–Crippen LogP) is 3.21. The van der Waals surface area contributed by atoms with Gasteiger partial charge in [0.1, 0.15) is 5.82 Å². The SMILES string of the molecule is CCCNCc1ccnc(N2CCCC(CC)C2)c1. The quantitative estimate of drug-likeness (QED) is 0.797. The predicted molar refractivity (Wildman–Crippen MR) is 81.5 cm³/mol. The Balaban J connectivity index is 1.97. The summed E-state index contributed by atoms with van der Waals surface area (Å²) in [5.74, 6) is 2.01. The third kappa shape index (κ3) is 4.20. The van der Waals surface area contributed by atoms with Gasteiger partial charge in [0, 0.05) is 25.8 Å². The van der Waals surface area contributed by atoms with E-state index in [-0.39, 0.29) is 0 Å². The number of piperidine rings is 1. The summed E-state index contributed by atoms with van der Waals surface area (Å²) >= 11 is 0. The molecule has 0 aromatic carbocycles. The normalized spacial score (nSPS) is 19.7. The monoisotopic (exact) mass is 261 g/mol. The molecule has 0 bridgehead atoms. The molecule has 106 valence electrons. The Morgan fingerprint density at radius 1 is 1.42 bits per heavy atom. The van der Waals surface area contributed by atoms with Crippen molar-refractivity contribution in [3.05, 3.63) is 23.9 Å². The molecule has 3 heteroatoms.